The van der Waals surface area contributed by atoms with Gasteiger partial charge in [-0.3, -0.25) is 4.79 Å². The van der Waals surface area contributed by atoms with Crippen LogP contribution in [0.5, 0.6) is 0 Å². The van der Waals surface area contributed by atoms with Crippen LogP contribution in [-0.2, 0) is 30.4 Å². The van der Waals surface area contributed by atoms with Crippen LogP contribution in [0.2, 0.25) is 0 Å². The molecule has 142 valence electrons. The van der Waals surface area contributed by atoms with Gasteiger partial charge in [0, 0.05) is 0 Å². The molecule has 0 aliphatic carbocycles. The van der Waals surface area contributed by atoms with Gasteiger partial charge in [0.1, 0.15) is 12.6 Å². The third-order valence-electron chi connectivity index (χ3n) is 3.64. The van der Waals surface area contributed by atoms with Crippen molar-refractivity contribution >= 4 is 18.0 Å². The first kappa shape index (κ1) is 21.2. The van der Waals surface area contributed by atoms with Gasteiger partial charge in [0.05, 0.1) is 20.1 Å². The normalized spacial score (nSPS) is 12.4. The van der Waals surface area contributed by atoms with Crippen LogP contribution in [0.4, 0.5) is 4.79 Å². The van der Waals surface area contributed by atoms with Gasteiger partial charge in [-0.1, -0.05) is 35.9 Å². The molecular formula is C19H25NO6. The van der Waals surface area contributed by atoms with Crippen LogP contribution in [0.25, 0.3) is 0 Å². The Labute approximate surface area is 153 Å². The number of benzene rings is 1. The van der Waals surface area contributed by atoms with Crippen LogP contribution in [0, 0.1) is 5.92 Å². The molecule has 26 heavy (non-hydrogen) atoms. The Bertz CT molecular complexity index is 628. The first-order chi connectivity index (χ1) is 12.4. The summed E-state index contributed by atoms with van der Waals surface area (Å²) in [5, 5.41) is 2.45. The molecule has 7 heteroatoms. The Kier molecular flexibility index (Phi) is 8.91. The molecule has 0 spiro atoms. The second-order valence-electron chi connectivity index (χ2n) is 5.90. The number of esters is 2. The number of methoxy groups -OCH3 is 2. The Balaban J connectivity index is 2.72. The smallest absolute Gasteiger partial charge is 0.408 e. The Morgan fingerprint density at radius 3 is 2.23 bits per heavy atom. The number of hydrogen-bond donors (Lipinski definition) is 1. The number of ether oxygens (including phenoxy) is 3. The Morgan fingerprint density at radius 1 is 1.08 bits per heavy atom. The average Bonchev–Trinajstić information content (AvgIpc) is 2.64. The molecule has 0 aliphatic rings. The number of alkyl carbamates (subject to hydrolysis) is 1. The molecule has 1 aromatic carbocycles. The van der Waals surface area contributed by atoms with Gasteiger partial charge in [0.15, 0.2) is 0 Å². The van der Waals surface area contributed by atoms with Crippen molar-refractivity contribution in [2.75, 3.05) is 14.2 Å². The van der Waals surface area contributed by atoms with Crippen molar-refractivity contribution in [3.63, 3.8) is 0 Å². The summed E-state index contributed by atoms with van der Waals surface area (Å²) in [6.07, 6.45) is -0.420. The van der Waals surface area contributed by atoms with Crippen molar-refractivity contribution in [3.05, 3.63) is 48.0 Å². The van der Waals surface area contributed by atoms with Gasteiger partial charge in [0.2, 0.25) is 0 Å². The van der Waals surface area contributed by atoms with Gasteiger partial charge in [-0.2, -0.15) is 0 Å². The quantitative estimate of drug-likeness (QED) is 0.412. The van der Waals surface area contributed by atoms with Crippen LogP contribution >= 0.6 is 0 Å². The number of carbonyl (C=O) groups is 3. The molecule has 0 aromatic heterocycles. The molecule has 1 aromatic rings. The predicted molar refractivity (Wildman–Crippen MR) is 95.1 cm³/mol. The number of allylic oxidation sites excluding steroid dienone is 1. The highest BCUT2D eigenvalue weighted by Crippen LogP contribution is 2.18. The zero-order valence-electron chi connectivity index (χ0n) is 15.3. The van der Waals surface area contributed by atoms with Gasteiger partial charge >= 0.3 is 18.0 Å². The van der Waals surface area contributed by atoms with Gasteiger partial charge in [-0.25, -0.2) is 9.59 Å². The molecule has 0 fully saturated rings. The first-order valence-electron chi connectivity index (χ1n) is 8.14. The number of carbonyl (C=O) groups excluding carboxylic acids is 3. The SMILES string of the molecule is C=C(C)C[C@@H](C[C@H](NC(=O)OCc1ccccc1)C(=O)OC)C(=O)OC. The van der Waals surface area contributed by atoms with E-state index in [1.807, 2.05) is 30.3 Å². The van der Waals surface area contributed by atoms with Crippen LogP contribution in [0.3, 0.4) is 0 Å². The largest absolute Gasteiger partial charge is 0.469 e. The third kappa shape index (κ3) is 7.38. The molecule has 0 saturated carbocycles. The van der Waals surface area contributed by atoms with Crippen molar-refractivity contribution in [1.82, 2.24) is 5.32 Å². The van der Waals surface area contributed by atoms with Crippen LogP contribution in [-0.4, -0.2) is 38.3 Å². The molecule has 2 atom stereocenters. The maximum absolute atomic E-state index is 12.0. The fraction of sp³-hybridized carbons (Fsp3) is 0.421. The topological polar surface area (TPSA) is 90.9 Å². The number of nitrogens with one attached hydrogen (secondary N) is 1. The van der Waals surface area contributed by atoms with E-state index in [4.69, 9.17) is 14.2 Å². The molecule has 0 bridgehead atoms. The van der Waals surface area contributed by atoms with Crippen molar-refractivity contribution in [1.29, 1.82) is 0 Å². The molecule has 1 rings (SSSR count). The Hall–Kier alpha value is -2.83. The first-order valence-corrected chi connectivity index (χ1v) is 8.14. The zero-order valence-corrected chi connectivity index (χ0v) is 15.3. The van der Waals surface area contributed by atoms with E-state index < -0.39 is 30.0 Å². The number of amides is 1. The minimum absolute atomic E-state index is 0.0205. The summed E-state index contributed by atoms with van der Waals surface area (Å²) < 4.78 is 14.6. The van der Waals surface area contributed by atoms with Crippen LogP contribution in [0.1, 0.15) is 25.3 Å². The molecule has 0 heterocycles. The van der Waals surface area contributed by atoms with Crippen molar-refractivity contribution in [2.45, 2.75) is 32.4 Å². The highest BCUT2D eigenvalue weighted by Gasteiger charge is 2.30. The lowest BCUT2D eigenvalue weighted by molar-refractivity contribution is -0.148. The lowest BCUT2D eigenvalue weighted by Gasteiger charge is -2.21. The second-order valence-corrected chi connectivity index (χ2v) is 5.90. The second kappa shape index (κ2) is 10.9. The molecule has 7 nitrogen and oxygen atoms in total. The fourth-order valence-corrected chi connectivity index (χ4v) is 2.40. The van der Waals surface area contributed by atoms with Gasteiger partial charge in [-0.15, -0.1) is 6.58 Å². The van der Waals surface area contributed by atoms with E-state index in [2.05, 4.69) is 11.9 Å². The highest BCUT2D eigenvalue weighted by atomic mass is 16.6. The summed E-state index contributed by atoms with van der Waals surface area (Å²) in [6, 6.07) is 8.09. The van der Waals surface area contributed by atoms with Crippen LogP contribution in [0.15, 0.2) is 42.5 Å². The summed E-state index contributed by atoms with van der Waals surface area (Å²) >= 11 is 0. The molecule has 0 unspecified atom stereocenters. The van der Waals surface area contributed by atoms with E-state index >= 15 is 0 Å². The molecule has 1 N–H and O–H groups in total. The molecular weight excluding hydrogens is 338 g/mol. The molecule has 0 saturated heterocycles. The van der Waals surface area contributed by atoms with Gasteiger partial charge < -0.3 is 19.5 Å². The maximum Gasteiger partial charge on any atom is 0.408 e. The predicted octanol–water partition coefficient (Wildman–Crippen LogP) is 2.60. The van der Waals surface area contributed by atoms with Crippen molar-refractivity contribution in [3.8, 4) is 0 Å². The minimum Gasteiger partial charge on any atom is -0.469 e. The van der Waals surface area contributed by atoms with E-state index in [0.29, 0.717) is 6.42 Å². The average molecular weight is 363 g/mol. The van der Waals surface area contributed by atoms with Gasteiger partial charge in [0.25, 0.3) is 0 Å². The number of hydrogen-bond acceptors (Lipinski definition) is 6. The summed E-state index contributed by atoms with van der Waals surface area (Å²) in [5.74, 6) is -1.78. The van der Waals surface area contributed by atoms with E-state index in [9.17, 15) is 14.4 Å². The van der Waals surface area contributed by atoms with Crippen molar-refractivity contribution < 1.29 is 28.6 Å². The molecule has 1 amide bonds. The lowest BCUT2D eigenvalue weighted by Crippen LogP contribution is -2.44. The molecule has 0 radical (unpaired) electrons. The summed E-state index contributed by atoms with van der Waals surface area (Å²) in [4.78, 5) is 35.9. The lowest BCUT2D eigenvalue weighted by atomic mass is 9.93. The summed E-state index contributed by atoms with van der Waals surface area (Å²) in [7, 11) is 2.47. The van der Waals surface area contributed by atoms with E-state index in [-0.39, 0.29) is 13.0 Å². The highest BCUT2D eigenvalue weighted by molar-refractivity contribution is 5.82. The number of rotatable bonds is 9. The van der Waals surface area contributed by atoms with E-state index in [0.717, 1.165) is 11.1 Å². The summed E-state index contributed by atoms with van der Waals surface area (Å²) in [5.41, 5.74) is 1.57. The maximum atomic E-state index is 12.0. The van der Waals surface area contributed by atoms with E-state index in [1.54, 1.807) is 6.92 Å². The monoisotopic (exact) mass is 363 g/mol. The zero-order chi connectivity index (χ0) is 19.5. The van der Waals surface area contributed by atoms with Crippen molar-refractivity contribution in [2.24, 2.45) is 5.92 Å². The fourth-order valence-electron chi connectivity index (χ4n) is 2.40. The van der Waals surface area contributed by atoms with Crippen LogP contribution < -0.4 is 5.32 Å². The summed E-state index contributed by atoms with van der Waals surface area (Å²) in [6.45, 7) is 5.60. The third-order valence-corrected chi connectivity index (χ3v) is 3.64. The standard InChI is InChI=1S/C19H25NO6/c1-13(2)10-15(17(21)24-3)11-16(18(22)25-4)20-19(23)26-12-14-8-6-5-7-9-14/h5-9,15-16H,1,10-12H2,2-4H3,(H,20,23)/t15-,16-/m0/s1. The Morgan fingerprint density at radius 2 is 1.69 bits per heavy atom. The van der Waals surface area contributed by atoms with Gasteiger partial charge in [-0.05, 0) is 25.3 Å². The van der Waals surface area contributed by atoms with E-state index in [1.165, 1.54) is 14.2 Å². The minimum atomic E-state index is -1.04. The molecule has 0 aliphatic heterocycles.